The second kappa shape index (κ2) is 19.6. The lowest BCUT2D eigenvalue weighted by molar-refractivity contribution is -0.169. The molecule has 0 bridgehead atoms. The van der Waals surface area contributed by atoms with Gasteiger partial charge >= 0.3 is 0 Å². The fraction of sp³-hybridized carbons (Fsp3) is 1.00. The van der Waals surface area contributed by atoms with Gasteiger partial charge in [-0.05, 0) is 25.7 Å². The molecule has 0 radical (unpaired) electrons. The van der Waals surface area contributed by atoms with Gasteiger partial charge in [0.25, 0.3) is 0 Å². The second-order valence-electron chi connectivity index (χ2n) is 7.43. The zero-order valence-electron chi connectivity index (χ0n) is 17.4. The molecule has 0 aliphatic carbocycles. The minimum absolute atomic E-state index is 0.00958. The van der Waals surface area contributed by atoms with Crippen LogP contribution in [0.1, 0.15) is 96.8 Å². The van der Waals surface area contributed by atoms with E-state index in [1.165, 1.54) is 77.0 Å². The Morgan fingerprint density at radius 1 is 0.654 bits per heavy atom. The second-order valence-corrected chi connectivity index (χ2v) is 7.43. The van der Waals surface area contributed by atoms with E-state index in [0.29, 0.717) is 26.4 Å². The molecule has 1 aliphatic heterocycles. The maximum atomic E-state index is 5.62. The Bertz CT molecular complexity index is 267. The third kappa shape index (κ3) is 16.0. The predicted octanol–water partition coefficient (Wildman–Crippen LogP) is 5.87. The quantitative estimate of drug-likeness (QED) is 0.266. The molecular formula is C22H44O4. The standard InChI is InChI=1S/C22H44O4/c1-2-3-4-5-6-7-8-9-10-11-13-16-23-18-19-24-20-21-26-22-15-12-14-17-25-22/h22H,2-21H2,1H3. The molecule has 0 aromatic carbocycles. The summed E-state index contributed by atoms with van der Waals surface area (Å²) < 4.78 is 22.3. The van der Waals surface area contributed by atoms with Crippen molar-refractivity contribution < 1.29 is 18.9 Å². The van der Waals surface area contributed by atoms with Crippen molar-refractivity contribution in [3.05, 3.63) is 0 Å². The van der Waals surface area contributed by atoms with E-state index in [1.807, 2.05) is 0 Å². The lowest BCUT2D eigenvalue weighted by Crippen LogP contribution is -2.24. The van der Waals surface area contributed by atoms with Crippen molar-refractivity contribution in [2.75, 3.05) is 39.6 Å². The van der Waals surface area contributed by atoms with Crippen molar-refractivity contribution in [1.82, 2.24) is 0 Å². The van der Waals surface area contributed by atoms with Crippen LogP contribution in [0.25, 0.3) is 0 Å². The maximum absolute atomic E-state index is 5.62. The highest BCUT2D eigenvalue weighted by Gasteiger charge is 2.13. The van der Waals surface area contributed by atoms with Gasteiger partial charge in [0, 0.05) is 13.2 Å². The van der Waals surface area contributed by atoms with Crippen LogP contribution < -0.4 is 0 Å². The van der Waals surface area contributed by atoms with Crippen molar-refractivity contribution in [1.29, 1.82) is 0 Å². The molecule has 4 heteroatoms. The lowest BCUT2D eigenvalue weighted by Gasteiger charge is -2.22. The summed E-state index contributed by atoms with van der Waals surface area (Å²) in [5.41, 5.74) is 0. The van der Waals surface area contributed by atoms with E-state index in [2.05, 4.69) is 6.92 Å². The molecule has 4 nitrogen and oxygen atoms in total. The van der Waals surface area contributed by atoms with Gasteiger partial charge in [-0.1, -0.05) is 71.1 Å². The van der Waals surface area contributed by atoms with Crippen LogP contribution in [0.5, 0.6) is 0 Å². The van der Waals surface area contributed by atoms with Crippen molar-refractivity contribution >= 4 is 0 Å². The Morgan fingerprint density at radius 3 is 1.85 bits per heavy atom. The van der Waals surface area contributed by atoms with E-state index in [9.17, 15) is 0 Å². The normalized spacial score (nSPS) is 17.7. The molecule has 1 aliphatic rings. The molecule has 26 heavy (non-hydrogen) atoms. The predicted molar refractivity (Wildman–Crippen MR) is 108 cm³/mol. The Labute approximate surface area is 162 Å². The van der Waals surface area contributed by atoms with Crippen molar-refractivity contribution in [3.63, 3.8) is 0 Å². The van der Waals surface area contributed by atoms with E-state index < -0.39 is 0 Å². The van der Waals surface area contributed by atoms with Gasteiger partial charge in [-0.2, -0.15) is 0 Å². The highest BCUT2D eigenvalue weighted by atomic mass is 16.7. The van der Waals surface area contributed by atoms with Crippen molar-refractivity contribution in [2.24, 2.45) is 0 Å². The molecule has 0 amide bonds. The van der Waals surface area contributed by atoms with Gasteiger partial charge in [0.05, 0.1) is 26.4 Å². The molecular weight excluding hydrogens is 328 g/mol. The third-order valence-corrected chi connectivity index (χ3v) is 4.93. The smallest absolute Gasteiger partial charge is 0.157 e. The van der Waals surface area contributed by atoms with Crippen LogP contribution in [0, 0.1) is 0 Å². The first-order valence-electron chi connectivity index (χ1n) is 11.3. The molecule has 0 N–H and O–H groups in total. The molecule has 156 valence electrons. The zero-order valence-corrected chi connectivity index (χ0v) is 17.4. The number of rotatable bonds is 19. The van der Waals surface area contributed by atoms with Crippen molar-refractivity contribution in [3.8, 4) is 0 Å². The summed E-state index contributed by atoms with van der Waals surface area (Å²) in [4.78, 5) is 0. The van der Waals surface area contributed by atoms with Crippen molar-refractivity contribution in [2.45, 2.75) is 103 Å². The van der Waals surface area contributed by atoms with Crippen LogP contribution in [0.4, 0.5) is 0 Å². The highest BCUT2D eigenvalue weighted by Crippen LogP contribution is 2.13. The molecule has 0 saturated carbocycles. The van der Waals surface area contributed by atoms with Crippen LogP contribution in [0.3, 0.4) is 0 Å². The fourth-order valence-electron chi connectivity index (χ4n) is 3.27. The Morgan fingerprint density at radius 2 is 1.23 bits per heavy atom. The third-order valence-electron chi connectivity index (χ3n) is 4.93. The highest BCUT2D eigenvalue weighted by molar-refractivity contribution is 4.53. The summed E-state index contributed by atoms with van der Waals surface area (Å²) in [6.07, 6.45) is 18.5. The molecule has 0 spiro atoms. The van der Waals surface area contributed by atoms with Crippen LogP contribution in [-0.2, 0) is 18.9 Å². The minimum atomic E-state index is -0.00958. The molecule has 1 saturated heterocycles. The van der Waals surface area contributed by atoms with Gasteiger partial charge in [0.15, 0.2) is 6.29 Å². The summed E-state index contributed by atoms with van der Waals surface area (Å²) in [5, 5.41) is 0. The average molecular weight is 373 g/mol. The Balaban J connectivity index is 1.65. The molecule has 1 fully saturated rings. The van der Waals surface area contributed by atoms with Gasteiger partial charge in [-0.25, -0.2) is 0 Å². The topological polar surface area (TPSA) is 36.9 Å². The summed E-state index contributed by atoms with van der Waals surface area (Å²) in [7, 11) is 0. The molecule has 1 atom stereocenters. The van der Waals surface area contributed by atoms with E-state index in [0.717, 1.165) is 26.1 Å². The van der Waals surface area contributed by atoms with Gasteiger partial charge in [0.1, 0.15) is 0 Å². The summed E-state index contributed by atoms with van der Waals surface area (Å²) in [6, 6.07) is 0. The number of hydrogen-bond acceptors (Lipinski definition) is 4. The van der Waals surface area contributed by atoms with Crippen LogP contribution in [-0.4, -0.2) is 45.9 Å². The first-order valence-corrected chi connectivity index (χ1v) is 11.3. The zero-order chi connectivity index (χ0) is 18.5. The van der Waals surface area contributed by atoms with Gasteiger partial charge in [-0.15, -0.1) is 0 Å². The number of ether oxygens (including phenoxy) is 4. The largest absolute Gasteiger partial charge is 0.379 e. The van der Waals surface area contributed by atoms with Gasteiger partial charge in [0.2, 0.25) is 0 Å². The molecule has 1 rings (SSSR count). The summed E-state index contributed by atoms with van der Waals surface area (Å²) in [5.74, 6) is 0. The van der Waals surface area contributed by atoms with Crippen LogP contribution >= 0.6 is 0 Å². The summed E-state index contributed by atoms with van der Waals surface area (Å²) in [6.45, 7) is 6.57. The fourth-order valence-corrected chi connectivity index (χ4v) is 3.27. The average Bonchev–Trinajstić information content (AvgIpc) is 2.68. The first-order chi connectivity index (χ1) is 12.9. The lowest BCUT2D eigenvalue weighted by atomic mass is 10.1. The number of unbranched alkanes of at least 4 members (excludes halogenated alkanes) is 10. The molecule has 1 unspecified atom stereocenters. The SMILES string of the molecule is CCCCCCCCCCCCCOCCOCCOC1CCCCO1. The maximum Gasteiger partial charge on any atom is 0.157 e. The first kappa shape index (κ1) is 23.9. The molecule has 1 heterocycles. The minimum Gasteiger partial charge on any atom is -0.379 e. The monoisotopic (exact) mass is 372 g/mol. The van der Waals surface area contributed by atoms with Gasteiger partial charge < -0.3 is 18.9 Å². The van der Waals surface area contributed by atoms with Gasteiger partial charge in [-0.3, -0.25) is 0 Å². The van der Waals surface area contributed by atoms with E-state index in [-0.39, 0.29) is 6.29 Å². The van der Waals surface area contributed by atoms with E-state index in [1.54, 1.807) is 0 Å². The van der Waals surface area contributed by atoms with Crippen LogP contribution in [0.2, 0.25) is 0 Å². The number of hydrogen-bond donors (Lipinski definition) is 0. The summed E-state index contributed by atoms with van der Waals surface area (Å²) >= 11 is 0. The Kier molecular flexibility index (Phi) is 18.0. The molecule has 0 aromatic heterocycles. The van der Waals surface area contributed by atoms with E-state index in [4.69, 9.17) is 18.9 Å². The van der Waals surface area contributed by atoms with E-state index >= 15 is 0 Å². The Hall–Kier alpha value is -0.160. The van der Waals surface area contributed by atoms with Crippen LogP contribution in [0.15, 0.2) is 0 Å². The molecule has 0 aromatic rings.